The number of amides is 2. The molecule has 9 nitrogen and oxygen atoms in total. The van der Waals surface area contributed by atoms with Crippen LogP contribution >= 0.6 is 0 Å². The van der Waals surface area contributed by atoms with Crippen molar-refractivity contribution < 1.29 is 19.1 Å². The van der Waals surface area contributed by atoms with Gasteiger partial charge in [-0.05, 0) is 38.2 Å². The van der Waals surface area contributed by atoms with E-state index >= 15 is 0 Å². The molecule has 34 heavy (non-hydrogen) atoms. The van der Waals surface area contributed by atoms with Crippen molar-refractivity contribution in [1.29, 1.82) is 5.26 Å². The summed E-state index contributed by atoms with van der Waals surface area (Å²) in [4.78, 5) is 33.6. The van der Waals surface area contributed by atoms with Crippen molar-refractivity contribution in [3.8, 4) is 6.07 Å². The maximum atomic E-state index is 12.6. The minimum Gasteiger partial charge on any atom is -0.376 e. The van der Waals surface area contributed by atoms with Crippen LogP contribution in [0.3, 0.4) is 0 Å². The quantitative estimate of drug-likeness (QED) is 0.671. The van der Waals surface area contributed by atoms with Crippen molar-refractivity contribution >= 4 is 17.6 Å². The van der Waals surface area contributed by atoms with Gasteiger partial charge < -0.3 is 24.6 Å². The number of carbonyl (C=O) groups is 2. The molecule has 0 saturated carbocycles. The summed E-state index contributed by atoms with van der Waals surface area (Å²) in [5.74, 6) is -0.228. The summed E-state index contributed by atoms with van der Waals surface area (Å²) in [5.41, 5.74) is 3.29. The molecule has 1 aromatic rings. The summed E-state index contributed by atoms with van der Waals surface area (Å²) < 4.78 is 11.5. The van der Waals surface area contributed by atoms with Gasteiger partial charge in [-0.15, -0.1) is 0 Å². The Morgan fingerprint density at radius 3 is 2.59 bits per heavy atom. The van der Waals surface area contributed by atoms with Crippen LogP contribution in [0.15, 0.2) is 0 Å². The van der Waals surface area contributed by atoms with Crippen molar-refractivity contribution in [3.63, 3.8) is 0 Å². The first kappa shape index (κ1) is 24.4. The van der Waals surface area contributed by atoms with Gasteiger partial charge in [0, 0.05) is 51.3 Å². The Labute approximate surface area is 201 Å². The zero-order chi connectivity index (χ0) is 24.5. The minimum atomic E-state index is -0.585. The molecule has 1 atom stereocenters. The lowest BCUT2D eigenvalue weighted by Gasteiger charge is -2.38. The van der Waals surface area contributed by atoms with Crippen LogP contribution in [-0.2, 0) is 32.1 Å². The van der Waals surface area contributed by atoms with Gasteiger partial charge in [0.1, 0.15) is 11.9 Å². The highest BCUT2D eigenvalue weighted by atomic mass is 16.5. The molecule has 1 unspecified atom stereocenters. The van der Waals surface area contributed by atoms with Crippen LogP contribution in [0.4, 0.5) is 5.82 Å². The number of aromatic nitrogens is 1. The van der Waals surface area contributed by atoms with E-state index in [1.807, 2.05) is 13.8 Å². The van der Waals surface area contributed by atoms with Gasteiger partial charge in [-0.25, -0.2) is 4.98 Å². The molecule has 4 heterocycles. The largest absolute Gasteiger partial charge is 0.376 e. The Morgan fingerprint density at radius 1 is 1.24 bits per heavy atom. The first-order chi connectivity index (χ1) is 16.2. The molecule has 0 spiro atoms. The van der Waals surface area contributed by atoms with E-state index in [4.69, 9.17) is 14.5 Å². The van der Waals surface area contributed by atoms with Crippen molar-refractivity contribution in [2.45, 2.75) is 71.2 Å². The molecule has 3 aliphatic heterocycles. The number of anilines is 1. The molecule has 2 fully saturated rings. The van der Waals surface area contributed by atoms with Gasteiger partial charge in [0.15, 0.2) is 0 Å². The summed E-state index contributed by atoms with van der Waals surface area (Å²) in [6, 6.07) is 2.40. The van der Waals surface area contributed by atoms with Gasteiger partial charge in [0.2, 0.25) is 0 Å². The van der Waals surface area contributed by atoms with Crippen LogP contribution in [0.25, 0.3) is 0 Å². The van der Waals surface area contributed by atoms with E-state index in [9.17, 15) is 14.9 Å². The second kappa shape index (κ2) is 9.88. The lowest BCUT2D eigenvalue weighted by molar-refractivity contribution is -0.146. The van der Waals surface area contributed by atoms with Crippen LogP contribution in [0.5, 0.6) is 0 Å². The molecule has 1 N–H and O–H groups in total. The fraction of sp³-hybridized carbons (Fsp3) is 0.680. The number of fused-ring (bicyclic) bond motifs is 1. The molecule has 0 aromatic carbocycles. The van der Waals surface area contributed by atoms with Gasteiger partial charge in [0.25, 0.3) is 0 Å². The topological polar surface area (TPSA) is 108 Å². The molecule has 4 rings (SSSR count). The van der Waals surface area contributed by atoms with E-state index in [0.717, 1.165) is 29.7 Å². The van der Waals surface area contributed by atoms with Crippen molar-refractivity contribution in [1.82, 2.24) is 15.2 Å². The lowest BCUT2D eigenvalue weighted by Crippen LogP contribution is -2.53. The number of nitriles is 1. The van der Waals surface area contributed by atoms with Gasteiger partial charge in [0.05, 0.1) is 29.6 Å². The number of piperazine rings is 1. The number of pyridine rings is 1. The standard InChI is InChI=1S/C25H35N5O4/c1-16(2)21-20-15-34-25(3,4)12-18(20)19(13-26)22(28-21)29-7-9-30(10-8-29)24(32)23(31)27-14-17-6-5-11-33-17/h16-17H,5-12,14-15H2,1-4H3,(H,27,31). The maximum absolute atomic E-state index is 12.6. The normalized spacial score (nSPS) is 21.8. The first-order valence-electron chi connectivity index (χ1n) is 12.2. The lowest BCUT2D eigenvalue weighted by atomic mass is 9.86. The summed E-state index contributed by atoms with van der Waals surface area (Å²) in [6.07, 6.45) is 2.55. The third-order valence-electron chi connectivity index (χ3n) is 6.87. The molecule has 0 radical (unpaired) electrons. The van der Waals surface area contributed by atoms with Crippen molar-refractivity contribution in [2.24, 2.45) is 0 Å². The third kappa shape index (κ3) is 5.03. The molecular weight excluding hydrogens is 434 g/mol. The molecule has 3 aliphatic rings. The number of hydrogen-bond acceptors (Lipinski definition) is 7. The molecule has 2 saturated heterocycles. The minimum absolute atomic E-state index is 0.00128. The summed E-state index contributed by atoms with van der Waals surface area (Å²) in [6.45, 7) is 11.7. The number of nitrogens with zero attached hydrogens (tertiary/aromatic N) is 4. The Bertz CT molecular complexity index is 986. The van der Waals surface area contributed by atoms with E-state index in [1.54, 1.807) is 4.90 Å². The number of ether oxygens (including phenoxy) is 2. The van der Waals surface area contributed by atoms with Crippen LogP contribution in [0.1, 0.15) is 68.8 Å². The van der Waals surface area contributed by atoms with Crippen LogP contribution in [-0.4, -0.2) is 72.7 Å². The fourth-order valence-electron chi connectivity index (χ4n) is 4.95. The monoisotopic (exact) mass is 469 g/mol. The second-order valence-electron chi connectivity index (χ2n) is 10.3. The first-order valence-corrected chi connectivity index (χ1v) is 12.2. The van der Waals surface area contributed by atoms with Crippen LogP contribution < -0.4 is 10.2 Å². The van der Waals surface area contributed by atoms with E-state index < -0.39 is 11.8 Å². The second-order valence-corrected chi connectivity index (χ2v) is 10.3. The number of nitrogens with one attached hydrogen (secondary N) is 1. The van der Waals surface area contributed by atoms with Crippen molar-refractivity contribution in [2.75, 3.05) is 44.2 Å². The van der Waals surface area contributed by atoms with Crippen LogP contribution in [0, 0.1) is 11.3 Å². The number of rotatable bonds is 4. The number of hydrogen-bond donors (Lipinski definition) is 1. The fourth-order valence-corrected chi connectivity index (χ4v) is 4.95. The predicted octanol–water partition coefficient (Wildman–Crippen LogP) is 1.87. The highest BCUT2D eigenvalue weighted by molar-refractivity contribution is 6.35. The number of carbonyl (C=O) groups excluding carboxylic acids is 2. The molecule has 9 heteroatoms. The van der Waals surface area contributed by atoms with Gasteiger partial charge >= 0.3 is 11.8 Å². The summed E-state index contributed by atoms with van der Waals surface area (Å²) >= 11 is 0. The van der Waals surface area contributed by atoms with Gasteiger partial charge in [-0.3, -0.25) is 9.59 Å². The van der Waals surface area contributed by atoms with E-state index in [-0.39, 0.29) is 17.6 Å². The maximum Gasteiger partial charge on any atom is 0.312 e. The highest BCUT2D eigenvalue weighted by Crippen LogP contribution is 2.37. The molecule has 2 amide bonds. The Kier molecular flexibility index (Phi) is 7.10. The Morgan fingerprint density at radius 2 is 1.97 bits per heavy atom. The zero-order valence-corrected chi connectivity index (χ0v) is 20.6. The summed E-state index contributed by atoms with van der Waals surface area (Å²) in [5, 5.41) is 12.8. The Balaban J connectivity index is 1.47. The zero-order valence-electron chi connectivity index (χ0n) is 20.6. The predicted molar refractivity (Wildman–Crippen MR) is 126 cm³/mol. The SMILES string of the molecule is CC(C)c1nc(N2CCN(C(=O)C(=O)NCC3CCCO3)CC2)c(C#N)c2c1COC(C)(C)C2. The van der Waals surface area contributed by atoms with E-state index in [2.05, 4.69) is 30.1 Å². The molecule has 184 valence electrons. The van der Waals surface area contributed by atoms with Gasteiger partial charge in [-0.1, -0.05) is 13.8 Å². The van der Waals surface area contributed by atoms with Crippen molar-refractivity contribution in [3.05, 3.63) is 22.4 Å². The van der Waals surface area contributed by atoms with E-state index in [1.165, 1.54) is 0 Å². The molecule has 0 bridgehead atoms. The average molecular weight is 470 g/mol. The molecule has 0 aliphatic carbocycles. The summed E-state index contributed by atoms with van der Waals surface area (Å²) in [7, 11) is 0. The smallest absolute Gasteiger partial charge is 0.312 e. The highest BCUT2D eigenvalue weighted by Gasteiger charge is 2.34. The molecule has 1 aromatic heterocycles. The average Bonchev–Trinajstić information content (AvgIpc) is 3.34. The van der Waals surface area contributed by atoms with E-state index in [0.29, 0.717) is 63.7 Å². The van der Waals surface area contributed by atoms with Crippen LogP contribution in [0.2, 0.25) is 0 Å². The third-order valence-corrected chi connectivity index (χ3v) is 6.87. The van der Waals surface area contributed by atoms with Gasteiger partial charge in [-0.2, -0.15) is 5.26 Å². The Hall–Kier alpha value is -2.70. The molecular formula is C25H35N5O4.